The quantitative estimate of drug-likeness (QED) is 0.339. The first-order valence-corrected chi connectivity index (χ1v) is 8.89. The maximum absolute atomic E-state index is 3.62. The summed E-state index contributed by atoms with van der Waals surface area (Å²) >= 11 is 0. The van der Waals surface area contributed by atoms with Crippen LogP contribution < -0.4 is 0 Å². The van der Waals surface area contributed by atoms with Crippen LogP contribution in [-0.2, 0) is 0 Å². The van der Waals surface area contributed by atoms with Gasteiger partial charge in [-0.15, -0.1) is 0 Å². The van der Waals surface area contributed by atoms with Crippen molar-refractivity contribution in [1.82, 2.24) is 9.97 Å². The van der Waals surface area contributed by atoms with Crippen LogP contribution >= 0.6 is 0 Å². The van der Waals surface area contributed by atoms with Crippen LogP contribution in [0.4, 0.5) is 0 Å². The third kappa shape index (κ3) is 1.81. The molecular weight excluding hydrogens is 316 g/mol. The minimum Gasteiger partial charge on any atom is -0.355 e. The molecule has 26 heavy (non-hydrogen) atoms. The lowest BCUT2D eigenvalue weighted by Crippen LogP contribution is -1.80. The fraction of sp³-hybridized carbons (Fsp3) is 0. The Balaban J connectivity index is 1.68. The first kappa shape index (κ1) is 13.7. The fourth-order valence-electron chi connectivity index (χ4n) is 4.13. The van der Waals surface area contributed by atoms with Crippen molar-refractivity contribution in [1.29, 1.82) is 0 Å². The van der Waals surface area contributed by atoms with Gasteiger partial charge in [0.25, 0.3) is 0 Å². The van der Waals surface area contributed by atoms with Gasteiger partial charge in [0.1, 0.15) is 0 Å². The highest BCUT2D eigenvalue weighted by molar-refractivity contribution is 6.13. The summed E-state index contributed by atoms with van der Waals surface area (Å²) in [5.41, 5.74) is 7.23. The Morgan fingerprint density at radius 1 is 0.462 bits per heavy atom. The summed E-state index contributed by atoms with van der Waals surface area (Å²) in [4.78, 5) is 7.12. The molecule has 0 aliphatic carbocycles. The number of hydrogen-bond acceptors (Lipinski definition) is 0. The summed E-state index contributed by atoms with van der Waals surface area (Å²) in [6.07, 6.45) is 0. The second-order valence-corrected chi connectivity index (χ2v) is 6.83. The SMILES string of the molecule is c1ccc2c(c1)[nH]c1ccc(-c3cccc4c3[nH]c3ccccc34)cc12. The van der Waals surface area contributed by atoms with Crippen molar-refractivity contribution in [3.05, 3.63) is 84.9 Å². The Hall–Kier alpha value is -3.52. The van der Waals surface area contributed by atoms with Crippen molar-refractivity contribution >= 4 is 43.6 Å². The largest absolute Gasteiger partial charge is 0.355 e. The highest BCUT2D eigenvalue weighted by Gasteiger charge is 2.11. The smallest absolute Gasteiger partial charge is 0.0544 e. The highest BCUT2D eigenvalue weighted by atomic mass is 14.7. The van der Waals surface area contributed by atoms with Gasteiger partial charge in [0.2, 0.25) is 0 Å². The van der Waals surface area contributed by atoms with E-state index in [1.165, 1.54) is 54.7 Å². The maximum atomic E-state index is 3.62. The molecule has 0 fully saturated rings. The predicted molar refractivity (Wildman–Crippen MR) is 111 cm³/mol. The van der Waals surface area contributed by atoms with Gasteiger partial charge < -0.3 is 9.97 Å². The average Bonchev–Trinajstić information content (AvgIpc) is 3.25. The first-order chi connectivity index (χ1) is 12.9. The van der Waals surface area contributed by atoms with Crippen LogP contribution in [0.2, 0.25) is 0 Å². The Kier molecular flexibility index (Phi) is 2.64. The standard InChI is InChI=1S/C24H16N2/c1-4-11-22-17(6-1)19-9-5-8-16(24(19)26-22)15-12-13-23-20(14-15)18-7-2-3-10-21(18)25-23/h1-14,25-26H. The molecule has 4 aromatic carbocycles. The molecule has 0 aliphatic rings. The van der Waals surface area contributed by atoms with Gasteiger partial charge in [-0.25, -0.2) is 0 Å². The number of para-hydroxylation sites is 3. The van der Waals surface area contributed by atoms with Gasteiger partial charge in [0, 0.05) is 43.7 Å². The van der Waals surface area contributed by atoms with E-state index >= 15 is 0 Å². The lowest BCUT2D eigenvalue weighted by Gasteiger charge is -2.04. The van der Waals surface area contributed by atoms with Gasteiger partial charge in [-0.1, -0.05) is 60.7 Å². The summed E-state index contributed by atoms with van der Waals surface area (Å²) in [5.74, 6) is 0. The maximum Gasteiger partial charge on any atom is 0.0544 e. The number of benzene rings is 4. The van der Waals surface area contributed by atoms with Crippen molar-refractivity contribution in [3.8, 4) is 11.1 Å². The summed E-state index contributed by atoms with van der Waals surface area (Å²) < 4.78 is 0. The van der Waals surface area contributed by atoms with Gasteiger partial charge in [-0.3, -0.25) is 0 Å². The summed E-state index contributed by atoms with van der Waals surface area (Å²) in [6.45, 7) is 0. The number of fused-ring (bicyclic) bond motifs is 6. The summed E-state index contributed by atoms with van der Waals surface area (Å²) in [7, 11) is 0. The molecule has 2 heterocycles. The topological polar surface area (TPSA) is 31.6 Å². The fourth-order valence-corrected chi connectivity index (χ4v) is 4.13. The number of aromatic amines is 2. The molecule has 6 rings (SSSR count). The zero-order valence-electron chi connectivity index (χ0n) is 14.1. The number of nitrogens with one attached hydrogen (secondary N) is 2. The minimum absolute atomic E-state index is 1.18. The molecule has 2 heteroatoms. The number of rotatable bonds is 1. The van der Waals surface area contributed by atoms with Crippen molar-refractivity contribution in [2.24, 2.45) is 0 Å². The van der Waals surface area contributed by atoms with E-state index in [0.29, 0.717) is 0 Å². The van der Waals surface area contributed by atoms with Crippen molar-refractivity contribution in [2.45, 2.75) is 0 Å². The van der Waals surface area contributed by atoms with Gasteiger partial charge in [0.05, 0.1) is 5.52 Å². The monoisotopic (exact) mass is 332 g/mol. The molecule has 0 spiro atoms. The third-order valence-electron chi connectivity index (χ3n) is 5.36. The average molecular weight is 332 g/mol. The zero-order chi connectivity index (χ0) is 17.1. The van der Waals surface area contributed by atoms with E-state index in [0.717, 1.165) is 0 Å². The Bertz CT molecular complexity index is 1430. The van der Waals surface area contributed by atoms with Crippen molar-refractivity contribution in [3.63, 3.8) is 0 Å². The molecule has 122 valence electrons. The molecule has 2 nitrogen and oxygen atoms in total. The molecule has 0 aliphatic heterocycles. The van der Waals surface area contributed by atoms with E-state index in [-0.39, 0.29) is 0 Å². The Labute approximate surface area is 150 Å². The van der Waals surface area contributed by atoms with E-state index in [1.54, 1.807) is 0 Å². The molecule has 6 aromatic rings. The van der Waals surface area contributed by atoms with Crippen LogP contribution in [0.15, 0.2) is 84.9 Å². The lowest BCUT2D eigenvalue weighted by molar-refractivity contribution is 1.53. The van der Waals surface area contributed by atoms with Crippen LogP contribution in [0.1, 0.15) is 0 Å². The van der Waals surface area contributed by atoms with E-state index < -0.39 is 0 Å². The second-order valence-electron chi connectivity index (χ2n) is 6.83. The first-order valence-electron chi connectivity index (χ1n) is 8.89. The number of H-pyrrole nitrogens is 2. The lowest BCUT2D eigenvalue weighted by atomic mass is 10.00. The molecule has 0 saturated heterocycles. The number of aromatic nitrogens is 2. The molecule has 2 N–H and O–H groups in total. The minimum atomic E-state index is 1.18. The Morgan fingerprint density at radius 3 is 1.96 bits per heavy atom. The van der Waals surface area contributed by atoms with E-state index in [2.05, 4.69) is 94.9 Å². The molecule has 0 bridgehead atoms. The van der Waals surface area contributed by atoms with Gasteiger partial charge >= 0.3 is 0 Å². The molecule has 0 saturated carbocycles. The van der Waals surface area contributed by atoms with Gasteiger partial charge in [-0.2, -0.15) is 0 Å². The van der Waals surface area contributed by atoms with E-state index in [4.69, 9.17) is 0 Å². The number of hydrogen-bond donors (Lipinski definition) is 2. The second kappa shape index (κ2) is 4.99. The molecule has 2 aromatic heterocycles. The van der Waals surface area contributed by atoms with Crippen LogP contribution in [0.25, 0.3) is 54.7 Å². The summed E-state index contributed by atoms with van der Waals surface area (Å²) in [5, 5.41) is 5.09. The normalized spacial score (nSPS) is 11.8. The molecule has 0 radical (unpaired) electrons. The Morgan fingerprint density at radius 2 is 1.12 bits per heavy atom. The van der Waals surface area contributed by atoms with E-state index in [9.17, 15) is 0 Å². The van der Waals surface area contributed by atoms with E-state index in [1.807, 2.05) is 0 Å². The zero-order valence-corrected chi connectivity index (χ0v) is 14.1. The molecule has 0 atom stereocenters. The van der Waals surface area contributed by atoms with Crippen LogP contribution in [0, 0.1) is 0 Å². The van der Waals surface area contributed by atoms with Crippen LogP contribution in [-0.4, -0.2) is 9.97 Å². The third-order valence-corrected chi connectivity index (χ3v) is 5.36. The van der Waals surface area contributed by atoms with Gasteiger partial charge in [-0.05, 0) is 29.8 Å². The van der Waals surface area contributed by atoms with Gasteiger partial charge in [0.15, 0.2) is 0 Å². The van der Waals surface area contributed by atoms with Crippen LogP contribution in [0.5, 0.6) is 0 Å². The van der Waals surface area contributed by atoms with Crippen molar-refractivity contribution < 1.29 is 0 Å². The molecule has 0 amide bonds. The summed E-state index contributed by atoms with van der Waals surface area (Å²) in [6, 6.07) is 30.2. The highest BCUT2D eigenvalue weighted by Crippen LogP contribution is 2.35. The van der Waals surface area contributed by atoms with Crippen molar-refractivity contribution in [2.75, 3.05) is 0 Å². The molecule has 0 unspecified atom stereocenters. The predicted octanol–water partition coefficient (Wildman–Crippen LogP) is 6.62. The van der Waals surface area contributed by atoms with Crippen LogP contribution in [0.3, 0.4) is 0 Å². The molecular formula is C24H16N2.